The zero-order chi connectivity index (χ0) is 19.1. The van der Waals surface area contributed by atoms with E-state index in [2.05, 4.69) is 34.3 Å². The molecule has 1 aromatic heterocycles. The average molecular weight is 387 g/mol. The molecular formula is C22H17N3O2S. The molecule has 3 aromatic carbocycles. The lowest BCUT2D eigenvalue weighted by Crippen LogP contribution is -2.21. The minimum absolute atomic E-state index is 0.0269. The first-order chi connectivity index (χ1) is 13.7. The Morgan fingerprint density at radius 3 is 2.64 bits per heavy atom. The van der Waals surface area contributed by atoms with Gasteiger partial charge < -0.3 is 4.74 Å². The Morgan fingerprint density at radius 2 is 1.82 bits per heavy atom. The maximum absolute atomic E-state index is 12.8. The third kappa shape index (κ3) is 2.86. The highest BCUT2D eigenvalue weighted by Gasteiger charge is 2.30. The molecule has 0 aliphatic carbocycles. The highest BCUT2D eigenvalue weighted by Crippen LogP contribution is 2.43. The highest BCUT2D eigenvalue weighted by atomic mass is 32.2. The molecule has 5 rings (SSSR count). The summed E-state index contributed by atoms with van der Waals surface area (Å²) in [6, 6.07) is 22.0. The Labute approximate surface area is 166 Å². The zero-order valence-corrected chi connectivity index (χ0v) is 16.0. The van der Waals surface area contributed by atoms with E-state index in [1.807, 2.05) is 42.5 Å². The predicted octanol–water partition coefficient (Wildman–Crippen LogP) is 4.98. The molecule has 0 saturated heterocycles. The zero-order valence-electron chi connectivity index (χ0n) is 15.2. The van der Waals surface area contributed by atoms with Crippen LogP contribution in [0.1, 0.15) is 22.0 Å². The third-order valence-electron chi connectivity index (χ3n) is 4.94. The Morgan fingerprint density at radius 1 is 1.04 bits per heavy atom. The van der Waals surface area contributed by atoms with Crippen LogP contribution in [-0.2, 0) is 0 Å². The van der Waals surface area contributed by atoms with Crippen LogP contribution in [0.25, 0.3) is 22.2 Å². The van der Waals surface area contributed by atoms with Crippen LogP contribution < -0.4 is 4.74 Å². The second-order valence-electron chi connectivity index (χ2n) is 6.63. The van der Waals surface area contributed by atoms with Crippen molar-refractivity contribution in [1.82, 2.24) is 14.8 Å². The first-order valence-corrected chi connectivity index (χ1v) is 9.90. The van der Waals surface area contributed by atoms with E-state index >= 15 is 0 Å². The molecule has 5 nitrogen and oxygen atoms in total. The summed E-state index contributed by atoms with van der Waals surface area (Å²) in [5.41, 5.74) is 2.02. The van der Waals surface area contributed by atoms with Crippen molar-refractivity contribution in [2.75, 3.05) is 7.11 Å². The smallest absolute Gasteiger partial charge is 0.250 e. The molecule has 0 fully saturated rings. The van der Waals surface area contributed by atoms with Crippen LogP contribution in [0.3, 0.4) is 0 Å². The van der Waals surface area contributed by atoms with Crippen LogP contribution in [0, 0.1) is 0 Å². The summed E-state index contributed by atoms with van der Waals surface area (Å²) in [4.78, 5) is 17.4. The molecule has 0 spiro atoms. The van der Waals surface area contributed by atoms with Crippen LogP contribution in [0.5, 0.6) is 5.75 Å². The van der Waals surface area contributed by atoms with E-state index in [4.69, 9.17) is 4.74 Å². The van der Waals surface area contributed by atoms with Crippen molar-refractivity contribution in [3.63, 3.8) is 0 Å². The Bertz CT molecular complexity index is 1180. The molecule has 2 heterocycles. The Kier molecular flexibility index (Phi) is 4.13. The fourth-order valence-corrected chi connectivity index (χ4v) is 4.71. The van der Waals surface area contributed by atoms with Crippen LogP contribution in [0.15, 0.2) is 71.9 Å². The third-order valence-corrected chi connectivity index (χ3v) is 6.12. The van der Waals surface area contributed by atoms with Crippen molar-refractivity contribution in [3.05, 3.63) is 72.3 Å². The van der Waals surface area contributed by atoms with Crippen LogP contribution in [0.2, 0.25) is 0 Å². The molecule has 28 heavy (non-hydrogen) atoms. The van der Waals surface area contributed by atoms with E-state index in [9.17, 15) is 4.79 Å². The first-order valence-electron chi connectivity index (χ1n) is 9.02. The lowest BCUT2D eigenvalue weighted by Gasteiger charge is -2.21. The number of methoxy groups -OCH3 is 1. The van der Waals surface area contributed by atoms with E-state index in [1.54, 1.807) is 18.9 Å². The number of thioether (sulfide) groups is 1. The molecule has 0 unspecified atom stereocenters. The van der Waals surface area contributed by atoms with Gasteiger partial charge in [-0.1, -0.05) is 54.2 Å². The van der Waals surface area contributed by atoms with Crippen LogP contribution in [-0.4, -0.2) is 27.8 Å². The summed E-state index contributed by atoms with van der Waals surface area (Å²) in [7, 11) is 1.63. The quantitative estimate of drug-likeness (QED) is 0.496. The summed E-state index contributed by atoms with van der Waals surface area (Å²) >= 11 is 1.60. The second-order valence-corrected chi connectivity index (χ2v) is 7.80. The normalized spacial score (nSPS) is 16.2. The molecule has 0 radical (unpaired) electrons. The number of nitrogens with zero attached hydrogens (tertiary/aromatic N) is 3. The number of rotatable bonds is 3. The van der Waals surface area contributed by atoms with E-state index in [1.165, 1.54) is 15.5 Å². The van der Waals surface area contributed by atoms with Gasteiger partial charge in [0.05, 0.1) is 7.11 Å². The average Bonchev–Trinajstić information content (AvgIpc) is 3.18. The Hall–Kier alpha value is -3.12. The van der Waals surface area contributed by atoms with Crippen LogP contribution in [0.4, 0.5) is 0 Å². The van der Waals surface area contributed by atoms with Gasteiger partial charge in [-0.25, -0.2) is 4.98 Å². The molecule has 0 amide bonds. The van der Waals surface area contributed by atoms with Crippen molar-refractivity contribution in [2.24, 2.45) is 0 Å². The van der Waals surface area contributed by atoms with Crippen molar-refractivity contribution < 1.29 is 9.53 Å². The van der Waals surface area contributed by atoms with Crippen molar-refractivity contribution in [2.45, 2.75) is 16.8 Å². The fraction of sp³-hybridized carbons (Fsp3) is 0.136. The molecule has 1 atom stereocenters. The fourth-order valence-electron chi connectivity index (χ4n) is 3.52. The number of benzene rings is 3. The summed E-state index contributed by atoms with van der Waals surface area (Å²) in [6.45, 7) is 0. The van der Waals surface area contributed by atoms with Crippen LogP contribution >= 0.6 is 11.8 Å². The van der Waals surface area contributed by atoms with Gasteiger partial charge in [0, 0.05) is 17.2 Å². The lowest BCUT2D eigenvalue weighted by molar-refractivity contribution is 0.0868. The van der Waals surface area contributed by atoms with Crippen molar-refractivity contribution in [3.8, 4) is 17.1 Å². The topological polar surface area (TPSA) is 57.0 Å². The summed E-state index contributed by atoms with van der Waals surface area (Å²) in [6.07, 6.45) is 0.400. The first kappa shape index (κ1) is 17.0. The molecule has 138 valence electrons. The van der Waals surface area contributed by atoms with E-state index in [-0.39, 0.29) is 11.2 Å². The monoisotopic (exact) mass is 387 g/mol. The molecule has 1 aliphatic heterocycles. The lowest BCUT2D eigenvalue weighted by atomic mass is 10.0. The molecule has 0 N–H and O–H groups in total. The summed E-state index contributed by atoms with van der Waals surface area (Å²) < 4.78 is 6.63. The molecule has 6 heteroatoms. The van der Waals surface area contributed by atoms with Crippen molar-refractivity contribution in [1.29, 1.82) is 0 Å². The number of fused-ring (bicyclic) bond motifs is 2. The van der Waals surface area contributed by atoms with Gasteiger partial charge in [0.2, 0.25) is 0 Å². The number of carbonyl (C=O) groups excluding carboxylic acids is 1. The van der Waals surface area contributed by atoms with Gasteiger partial charge in [0.15, 0.2) is 11.0 Å². The molecule has 1 aliphatic rings. The standard InChI is InChI=1S/C22H17N3O2S/c1-27-16-11-9-15(10-12-16)21-23-22-25(24-21)20(26)13-19(28-22)18-8-4-6-14-5-2-3-7-17(14)18/h2-12,19H,13H2,1H3/t19-/m0/s1. The van der Waals surface area contributed by atoms with Gasteiger partial charge in [0.1, 0.15) is 5.75 Å². The maximum Gasteiger partial charge on any atom is 0.250 e. The number of ether oxygens (including phenoxy) is 1. The van der Waals surface area contributed by atoms with E-state index in [0.29, 0.717) is 17.4 Å². The van der Waals surface area contributed by atoms with Gasteiger partial charge in [-0.3, -0.25) is 4.79 Å². The minimum atomic E-state index is -0.0288. The second kappa shape index (κ2) is 6.80. The van der Waals surface area contributed by atoms with Gasteiger partial charge in [-0.15, -0.1) is 5.10 Å². The Balaban J connectivity index is 1.51. The van der Waals surface area contributed by atoms with E-state index < -0.39 is 0 Å². The number of hydrogen-bond donors (Lipinski definition) is 0. The number of carbonyl (C=O) groups is 1. The molecular weight excluding hydrogens is 370 g/mol. The van der Waals surface area contributed by atoms with Gasteiger partial charge in [-0.05, 0) is 40.6 Å². The largest absolute Gasteiger partial charge is 0.497 e. The van der Waals surface area contributed by atoms with Gasteiger partial charge in [0.25, 0.3) is 5.91 Å². The van der Waals surface area contributed by atoms with E-state index in [0.717, 1.165) is 16.9 Å². The van der Waals surface area contributed by atoms with Gasteiger partial charge >= 0.3 is 0 Å². The predicted molar refractivity (Wildman–Crippen MR) is 110 cm³/mol. The maximum atomic E-state index is 12.8. The summed E-state index contributed by atoms with van der Waals surface area (Å²) in [5, 5.41) is 7.47. The van der Waals surface area contributed by atoms with Crippen molar-refractivity contribution >= 4 is 28.4 Å². The summed E-state index contributed by atoms with van der Waals surface area (Å²) in [5.74, 6) is 1.30. The highest BCUT2D eigenvalue weighted by molar-refractivity contribution is 7.99. The molecule has 4 aromatic rings. The minimum Gasteiger partial charge on any atom is -0.497 e. The number of hydrogen-bond acceptors (Lipinski definition) is 5. The van der Waals surface area contributed by atoms with Gasteiger partial charge in [-0.2, -0.15) is 4.68 Å². The SMILES string of the molecule is COc1ccc(-c2nc3n(n2)C(=O)C[C@@H](c2cccc4ccccc24)S3)cc1. The molecule has 0 saturated carbocycles. The molecule has 0 bridgehead atoms. The number of aromatic nitrogens is 3.